The summed E-state index contributed by atoms with van der Waals surface area (Å²) in [4.78, 5) is 20.8. The Balaban J connectivity index is 1.41. The van der Waals surface area contributed by atoms with Gasteiger partial charge in [-0.05, 0) is 28.1 Å². The Bertz CT molecular complexity index is 982. The maximum Gasteiger partial charge on any atom is 0.274 e. The molecular weight excluding hydrogens is 437 g/mol. The van der Waals surface area contributed by atoms with Crippen LogP contribution < -0.4 is 0 Å². The number of hydrogen-bond acceptors (Lipinski definition) is 4. The van der Waals surface area contributed by atoms with Crippen molar-refractivity contribution in [2.24, 2.45) is 0 Å². The topological polar surface area (TPSA) is 53.7 Å². The normalized spacial score (nSPS) is 15.4. The molecule has 0 atom stereocenters. The van der Waals surface area contributed by atoms with Crippen LogP contribution in [0.15, 0.2) is 41.1 Å². The monoisotopic (exact) mass is 451 g/mol. The molecule has 1 fully saturated rings. The third-order valence-electron chi connectivity index (χ3n) is 4.60. The van der Waals surface area contributed by atoms with Crippen molar-refractivity contribution in [2.75, 3.05) is 26.2 Å². The van der Waals surface area contributed by atoms with E-state index in [4.69, 9.17) is 11.6 Å². The van der Waals surface area contributed by atoms with Crippen molar-refractivity contribution >= 4 is 39.1 Å². The highest BCUT2D eigenvalue weighted by molar-refractivity contribution is 9.10. The van der Waals surface area contributed by atoms with Crippen LogP contribution in [0.2, 0.25) is 5.02 Å². The Hall–Kier alpha value is -2.03. The molecule has 0 unspecified atom stereocenters. The number of halogens is 3. The Morgan fingerprint density at radius 2 is 2.04 bits per heavy atom. The van der Waals surface area contributed by atoms with E-state index < -0.39 is 0 Å². The molecule has 1 saturated heterocycles. The van der Waals surface area contributed by atoms with Crippen LogP contribution in [-0.4, -0.2) is 56.5 Å². The molecule has 1 amide bonds. The van der Waals surface area contributed by atoms with Crippen LogP contribution in [0, 0.1) is 5.82 Å². The number of aromatic nitrogens is 3. The molecule has 140 valence electrons. The summed E-state index contributed by atoms with van der Waals surface area (Å²) < 4.78 is 16.3. The van der Waals surface area contributed by atoms with Gasteiger partial charge in [-0.1, -0.05) is 17.7 Å². The summed E-state index contributed by atoms with van der Waals surface area (Å²) in [5.41, 5.74) is 1.48. The van der Waals surface area contributed by atoms with Gasteiger partial charge < -0.3 is 4.90 Å². The molecule has 0 spiro atoms. The zero-order chi connectivity index (χ0) is 19.0. The summed E-state index contributed by atoms with van der Waals surface area (Å²) in [6.07, 6.45) is 3.42. The molecule has 0 aliphatic carbocycles. The van der Waals surface area contributed by atoms with Crippen LogP contribution in [0.4, 0.5) is 4.39 Å². The van der Waals surface area contributed by atoms with Crippen molar-refractivity contribution in [3.63, 3.8) is 0 Å². The van der Waals surface area contributed by atoms with Crippen LogP contribution in [-0.2, 0) is 6.54 Å². The van der Waals surface area contributed by atoms with Crippen molar-refractivity contribution in [2.45, 2.75) is 6.54 Å². The van der Waals surface area contributed by atoms with Gasteiger partial charge in [-0.3, -0.25) is 9.69 Å². The van der Waals surface area contributed by atoms with Gasteiger partial charge in [0.15, 0.2) is 11.3 Å². The smallest absolute Gasteiger partial charge is 0.274 e. The van der Waals surface area contributed by atoms with E-state index in [9.17, 15) is 9.18 Å². The van der Waals surface area contributed by atoms with Gasteiger partial charge in [0.2, 0.25) is 0 Å². The number of piperazine rings is 1. The second-order valence-electron chi connectivity index (χ2n) is 6.37. The predicted molar refractivity (Wildman–Crippen MR) is 103 cm³/mol. The van der Waals surface area contributed by atoms with E-state index in [1.165, 1.54) is 6.07 Å². The molecule has 0 saturated carbocycles. The minimum atomic E-state index is -0.302. The third-order valence-corrected chi connectivity index (χ3v) is 5.37. The highest BCUT2D eigenvalue weighted by atomic mass is 79.9. The maximum absolute atomic E-state index is 14.0. The van der Waals surface area contributed by atoms with Gasteiger partial charge in [0.05, 0.1) is 4.47 Å². The number of fused-ring (bicyclic) bond motifs is 1. The minimum absolute atomic E-state index is 0.125. The maximum atomic E-state index is 14.0. The minimum Gasteiger partial charge on any atom is -0.335 e. The largest absolute Gasteiger partial charge is 0.335 e. The number of rotatable bonds is 3. The van der Waals surface area contributed by atoms with E-state index >= 15 is 0 Å². The van der Waals surface area contributed by atoms with Crippen LogP contribution in [0.25, 0.3) is 5.65 Å². The van der Waals surface area contributed by atoms with E-state index in [0.29, 0.717) is 54.7 Å². The second kappa shape index (κ2) is 7.53. The molecule has 6 nitrogen and oxygen atoms in total. The van der Waals surface area contributed by atoms with Crippen molar-refractivity contribution in [1.29, 1.82) is 0 Å². The molecular formula is C18H16BrClFN5O. The van der Waals surface area contributed by atoms with Gasteiger partial charge in [0.25, 0.3) is 5.91 Å². The highest BCUT2D eigenvalue weighted by Gasteiger charge is 2.25. The Labute approximate surface area is 168 Å². The van der Waals surface area contributed by atoms with Crippen molar-refractivity contribution < 1.29 is 9.18 Å². The first-order valence-corrected chi connectivity index (χ1v) is 9.64. The first-order chi connectivity index (χ1) is 13.0. The molecule has 3 aromatic rings. The van der Waals surface area contributed by atoms with Crippen molar-refractivity contribution in [3.05, 3.63) is 63.2 Å². The Morgan fingerprint density at radius 1 is 1.26 bits per heavy atom. The lowest BCUT2D eigenvalue weighted by Gasteiger charge is -2.34. The Morgan fingerprint density at radius 3 is 2.78 bits per heavy atom. The summed E-state index contributed by atoms with van der Waals surface area (Å²) in [7, 11) is 0. The number of carbonyl (C=O) groups excluding carboxylic acids is 1. The molecule has 3 heterocycles. The zero-order valence-electron chi connectivity index (χ0n) is 14.3. The molecule has 1 aliphatic rings. The number of amides is 1. The van der Waals surface area contributed by atoms with Crippen LogP contribution in [0.3, 0.4) is 0 Å². The van der Waals surface area contributed by atoms with Crippen LogP contribution >= 0.6 is 27.5 Å². The molecule has 1 aliphatic heterocycles. The number of nitrogens with zero attached hydrogens (tertiary/aromatic N) is 5. The van der Waals surface area contributed by atoms with Gasteiger partial charge >= 0.3 is 0 Å². The first-order valence-electron chi connectivity index (χ1n) is 8.47. The second-order valence-corrected chi connectivity index (χ2v) is 7.70. The average Bonchev–Trinajstić information content (AvgIpc) is 3.08. The predicted octanol–water partition coefficient (Wildman–Crippen LogP) is 3.24. The summed E-state index contributed by atoms with van der Waals surface area (Å²) in [5.74, 6) is -0.426. The van der Waals surface area contributed by atoms with Gasteiger partial charge in [0, 0.05) is 61.8 Å². The molecule has 9 heteroatoms. The zero-order valence-corrected chi connectivity index (χ0v) is 16.6. The van der Waals surface area contributed by atoms with E-state index in [1.807, 2.05) is 0 Å². The van der Waals surface area contributed by atoms with E-state index in [1.54, 1.807) is 40.0 Å². The molecule has 0 radical (unpaired) electrons. The highest BCUT2D eigenvalue weighted by Crippen LogP contribution is 2.21. The SMILES string of the molecule is O=C(c1cc2ncc(Br)cn2n1)N1CCN(Cc2c(F)cccc2Cl)CC1. The lowest BCUT2D eigenvalue weighted by atomic mass is 10.1. The quantitative estimate of drug-likeness (QED) is 0.612. The summed E-state index contributed by atoms with van der Waals surface area (Å²) in [6, 6.07) is 6.38. The van der Waals surface area contributed by atoms with Gasteiger partial charge in [0.1, 0.15) is 5.82 Å². The standard InChI is InChI=1S/C18H16BrClFN5O/c19-12-9-22-17-8-16(23-26(17)10-12)18(27)25-6-4-24(5-7-25)11-13-14(20)2-1-3-15(13)21/h1-3,8-10H,4-7,11H2. The molecule has 4 rings (SSSR count). The summed E-state index contributed by atoms with van der Waals surface area (Å²) >= 11 is 9.45. The molecule has 2 aromatic heterocycles. The van der Waals surface area contributed by atoms with Crippen LogP contribution in [0.1, 0.15) is 16.1 Å². The third kappa shape index (κ3) is 3.83. The van der Waals surface area contributed by atoms with Crippen LogP contribution in [0.5, 0.6) is 0 Å². The number of benzene rings is 1. The molecule has 1 aromatic carbocycles. The summed E-state index contributed by atoms with van der Waals surface area (Å²) in [6.45, 7) is 2.83. The fourth-order valence-corrected chi connectivity index (χ4v) is 3.66. The number of carbonyl (C=O) groups is 1. The molecule has 0 bridgehead atoms. The fraction of sp³-hybridized carbons (Fsp3) is 0.278. The van der Waals surface area contributed by atoms with E-state index in [2.05, 4.69) is 30.9 Å². The fourth-order valence-electron chi connectivity index (χ4n) is 3.14. The van der Waals surface area contributed by atoms with E-state index in [-0.39, 0.29) is 11.7 Å². The van der Waals surface area contributed by atoms with Gasteiger partial charge in [-0.15, -0.1) is 0 Å². The lowest BCUT2D eigenvalue weighted by molar-refractivity contribution is 0.0621. The van der Waals surface area contributed by atoms with Crippen molar-refractivity contribution in [3.8, 4) is 0 Å². The van der Waals surface area contributed by atoms with Gasteiger partial charge in [-0.2, -0.15) is 5.10 Å². The Kier molecular flexibility index (Phi) is 5.12. The average molecular weight is 453 g/mol. The molecule has 0 N–H and O–H groups in total. The van der Waals surface area contributed by atoms with E-state index in [0.717, 1.165) is 4.47 Å². The summed E-state index contributed by atoms with van der Waals surface area (Å²) in [5, 5.41) is 4.74. The number of hydrogen-bond donors (Lipinski definition) is 0. The molecule has 27 heavy (non-hydrogen) atoms. The first kappa shape index (κ1) is 18.3. The lowest BCUT2D eigenvalue weighted by Crippen LogP contribution is -2.48. The van der Waals surface area contributed by atoms with Crippen molar-refractivity contribution in [1.82, 2.24) is 24.4 Å². The van der Waals surface area contributed by atoms with Gasteiger partial charge in [-0.25, -0.2) is 13.9 Å².